The summed E-state index contributed by atoms with van der Waals surface area (Å²) in [6.07, 6.45) is 0. The Kier molecular flexibility index (Phi) is 5.51. The molecular weight excluding hydrogens is 404 g/mol. The van der Waals surface area contributed by atoms with Gasteiger partial charge in [0.2, 0.25) is 0 Å². The van der Waals surface area contributed by atoms with Crippen LogP contribution >= 0.6 is 23.4 Å². The van der Waals surface area contributed by atoms with E-state index in [1.54, 1.807) is 48.5 Å². The fourth-order valence-electron chi connectivity index (χ4n) is 3.09. The van der Waals surface area contributed by atoms with Crippen LogP contribution in [0.15, 0.2) is 88.8 Å². The number of halogens is 1. The molecule has 1 unspecified atom stereocenters. The second-order valence-corrected chi connectivity index (χ2v) is 8.21. The predicted octanol–water partition coefficient (Wildman–Crippen LogP) is 5.40. The molecule has 4 rings (SSSR count). The normalized spacial score (nSPS) is 12.1. The lowest BCUT2D eigenvalue weighted by Crippen LogP contribution is -2.24. The number of fused-ring (bicyclic) bond motifs is 1. The molecule has 1 aromatic heterocycles. The Labute approximate surface area is 177 Å². The summed E-state index contributed by atoms with van der Waals surface area (Å²) < 4.78 is 1.49. The van der Waals surface area contributed by atoms with Crippen molar-refractivity contribution in [2.24, 2.45) is 0 Å². The van der Waals surface area contributed by atoms with Crippen molar-refractivity contribution in [1.29, 1.82) is 0 Å². The molecule has 1 heterocycles. The summed E-state index contributed by atoms with van der Waals surface area (Å²) in [6.45, 7) is 1.82. The van der Waals surface area contributed by atoms with Gasteiger partial charge in [-0.05, 0) is 31.2 Å². The smallest absolute Gasteiger partial charge is 0.266 e. The first-order valence-corrected chi connectivity index (χ1v) is 10.3. The lowest BCUT2D eigenvalue weighted by atomic mass is 10.1. The largest absolute Gasteiger partial charge is 0.293 e. The first-order valence-electron chi connectivity index (χ1n) is 9.09. The lowest BCUT2D eigenvalue weighted by Gasteiger charge is -2.16. The number of para-hydroxylation sites is 2. The Morgan fingerprint density at radius 2 is 1.62 bits per heavy atom. The molecule has 0 fully saturated rings. The fraction of sp³-hybridized carbons (Fsp3) is 0.0870. The summed E-state index contributed by atoms with van der Waals surface area (Å²) in [5, 5.41) is 0.937. The van der Waals surface area contributed by atoms with Crippen molar-refractivity contribution >= 4 is 40.0 Å². The topological polar surface area (TPSA) is 52.0 Å². The van der Waals surface area contributed by atoms with Gasteiger partial charge in [0.1, 0.15) is 0 Å². The molecule has 0 aliphatic rings. The third-order valence-electron chi connectivity index (χ3n) is 4.55. The van der Waals surface area contributed by atoms with Gasteiger partial charge in [-0.1, -0.05) is 78.0 Å². The zero-order valence-corrected chi connectivity index (χ0v) is 17.2. The van der Waals surface area contributed by atoms with Gasteiger partial charge in [0.05, 0.1) is 26.9 Å². The number of hydrogen-bond donors (Lipinski definition) is 0. The average molecular weight is 421 g/mol. The van der Waals surface area contributed by atoms with Gasteiger partial charge in [-0.25, -0.2) is 4.98 Å². The molecule has 0 radical (unpaired) electrons. The minimum absolute atomic E-state index is 0.0243. The highest BCUT2D eigenvalue weighted by Crippen LogP contribution is 2.29. The highest BCUT2D eigenvalue weighted by molar-refractivity contribution is 8.00. The van der Waals surface area contributed by atoms with E-state index in [-0.39, 0.29) is 11.3 Å². The van der Waals surface area contributed by atoms with Crippen LogP contribution in [0, 0.1) is 0 Å². The van der Waals surface area contributed by atoms with Crippen LogP contribution in [0.4, 0.5) is 0 Å². The van der Waals surface area contributed by atoms with Crippen LogP contribution in [0.25, 0.3) is 16.6 Å². The Bertz CT molecular complexity index is 1250. The number of nitrogens with zero attached hydrogens (tertiary/aromatic N) is 2. The summed E-state index contributed by atoms with van der Waals surface area (Å²) in [7, 11) is 0. The Balaban J connectivity index is 1.85. The summed E-state index contributed by atoms with van der Waals surface area (Å²) in [5.41, 5.74) is 1.53. The molecule has 4 nitrogen and oxygen atoms in total. The fourth-order valence-corrected chi connectivity index (χ4v) is 4.30. The molecule has 144 valence electrons. The number of Topliss-reactive ketones (excluding diaryl/α,β-unsaturated/α-hetero) is 1. The molecule has 29 heavy (non-hydrogen) atoms. The Morgan fingerprint density at radius 3 is 2.38 bits per heavy atom. The van der Waals surface area contributed by atoms with E-state index >= 15 is 0 Å². The molecule has 3 aromatic carbocycles. The van der Waals surface area contributed by atoms with Gasteiger partial charge < -0.3 is 0 Å². The minimum Gasteiger partial charge on any atom is -0.293 e. The van der Waals surface area contributed by atoms with Crippen molar-refractivity contribution in [2.75, 3.05) is 0 Å². The molecule has 0 aliphatic carbocycles. The number of carbonyl (C=O) groups is 1. The number of thioether (sulfide) groups is 1. The number of carbonyl (C=O) groups excluding carboxylic acids is 1. The van der Waals surface area contributed by atoms with Crippen molar-refractivity contribution in [3.63, 3.8) is 0 Å². The maximum absolute atomic E-state index is 13.3. The SMILES string of the molecule is CC(Sc1nc2ccccc2c(=O)n1-c1ccccc1Cl)C(=O)c1ccccc1. The average Bonchev–Trinajstić information content (AvgIpc) is 2.75. The number of benzene rings is 3. The maximum Gasteiger partial charge on any atom is 0.266 e. The second kappa shape index (κ2) is 8.23. The van der Waals surface area contributed by atoms with Crippen LogP contribution in [-0.2, 0) is 0 Å². The van der Waals surface area contributed by atoms with Gasteiger partial charge >= 0.3 is 0 Å². The van der Waals surface area contributed by atoms with E-state index in [0.29, 0.717) is 32.3 Å². The van der Waals surface area contributed by atoms with Gasteiger partial charge in [-0.15, -0.1) is 0 Å². The van der Waals surface area contributed by atoms with Crippen molar-refractivity contribution < 1.29 is 4.79 Å². The number of aromatic nitrogens is 2. The molecule has 0 spiro atoms. The standard InChI is InChI=1S/C23H17ClN2O2S/c1-15(21(27)16-9-3-2-4-10-16)29-23-25-19-13-7-5-11-17(19)22(28)26(23)20-14-8-6-12-18(20)24/h2-15H,1H3. The maximum atomic E-state index is 13.3. The predicted molar refractivity (Wildman–Crippen MR) is 118 cm³/mol. The molecule has 0 saturated carbocycles. The molecule has 0 amide bonds. The third kappa shape index (κ3) is 3.84. The Hall–Kier alpha value is -2.89. The first-order chi connectivity index (χ1) is 14.1. The Morgan fingerprint density at radius 1 is 0.966 bits per heavy atom. The van der Waals surface area contributed by atoms with E-state index in [1.807, 2.05) is 37.3 Å². The molecule has 0 aliphatic heterocycles. The number of rotatable bonds is 5. The highest BCUT2D eigenvalue weighted by Gasteiger charge is 2.22. The molecular formula is C23H17ClN2O2S. The summed E-state index contributed by atoms with van der Waals surface area (Å²) in [6, 6.07) is 23.4. The van der Waals surface area contributed by atoms with E-state index in [1.165, 1.54) is 16.3 Å². The number of hydrogen-bond acceptors (Lipinski definition) is 4. The van der Waals surface area contributed by atoms with E-state index in [9.17, 15) is 9.59 Å². The number of ketones is 1. The van der Waals surface area contributed by atoms with Crippen LogP contribution in [-0.4, -0.2) is 20.6 Å². The molecule has 1 atom stereocenters. The van der Waals surface area contributed by atoms with Crippen molar-refractivity contribution in [3.05, 3.63) is 99.8 Å². The lowest BCUT2D eigenvalue weighted by molar-refractivity contribution is 0.0994. The van der Waals surface area contributed by atoms with Crippen molar-refractivity contribution in [1.82, 2.24) is 9.55 Å². The van der Waals surface area contributed by atoms with E-state index in [0.717, 1.165) is 0 Å². The molecule has 0 N–H and O–H groups in total. The van der Waals surface area contributed by atoms with Crippen LogP contribution in [0.1, 0.15) is 17.3 Å². The van der Waals surface area contributed by atoms with Crippen LogP contribution in [0.3, 0.4) is 0 Å². The van der Waals surface area contributed by atoms with Gasteiger partial charge in [0.25, 0.3) is 5.56 Å². The molecule has 6 heteroatoms. The van der Waals surface area contributed by atoms with Crippen LogP contribution < -0.4 is 5.56 Å². The summed E-state index contributed by atoms with van der Waals surface area (Å²) in [5.74, 6) is -0.0243. The zero-order valence-electron chi connectivity index (χ0n) is 15.6. The zero-order chi connectivity index (χ0) is 20.4. The molecule has 0 bridgehead atoms. The van der Waals surface area contributed by atoms with E-state index < -0.39 is 5.25 Å². The van der Waals surface area contributed by atoms with Gasteiger partial charge in [0.15, 0.2) is 10.9 Å². The van der Waals surface area contributed by atoms with Crippen molar-refractivity contribution in [2.45, 2.75) is 17.3 Å². The van der Waals surface area contributed by atoms with Gasteiger partial charge in [-0.2, -0.15) is 0 Å². The van der Waals surface area contributed by atoms with Crippen LogP contribution in [0.5, 0.6) is 0 Å². The minimum atomic E-state index is -0.431. The second-order valence-electron chi connectivity index (χ2n) is 6.49. The summed E-state index contributed by atoms with van der Waals surface area (Å²) in [4.78, 5) is 30.8. The van der Waals surface area contributed by atoms with E-state index in [2.05, 4.69) is 4.98 Å². The summed E-state index contributed by atoms with van der Waals surface area (Å²) >= 11 is 7.63. The van der Waals surface area contributed by atoms with Gasteiger partial charge in [0, 0.05) is 5.56 Å². The van der Waals surface area contributed by atoms with E-state index in [4.69, 9.17) is 11.6 Å². The molecule has 0 saturated heterocycles. The highest BCUT2D eigenvalue weighted by atomic mass is 35.5. The third-order valence-corrected chi connectivity index (χ3v) is 5.92. The first kappa shape index (κ1) is 19.4. The molecule has 4 aromatic rings. The monoisotopic (exact) mass is 420 g/mol. The van der Waals surface area contributed by atoms with Crippen molar-refractivity contribution in [3.8, 4) is 5.69 Å². The van der Waals surface area contributed by atoms with Crippen LogP contribution in [0.2, 0.25) is 5.02 Å². The quantitative estimate of drug-likeness (QED) is 0.246. The van der Waals surface area contributed by atoms with Gasteiger partial charge in [-0.3, -0.25) is 14.2 Å².